The van der Waals surface area contributed by atoms with E-state index in [2.05, 4.69) is 5.32 Å². The van der Waals surface area contributed by atoms with Crippen LogP contribution < -0.4 is 5.32 Å². The van der Waals surface area contributed by atoms with Crippen molar-refractivity contribution in [1.82, 2.24) is 5.32 Å². The zero-order valence-electron chi connectivity index (χ0n) is 8.57. The van der Waals surface area contributed by atoms with Gasteiger partial charge in [-0.15, -0.1) is 0 Å². The summed E-state index contributed by atoms with van der Waals surface area (Å²) in [6.45, 7) is 1.92. The van der Waals surface area contributed by atoms with Crippen molar-refractivity contribution in [3.63, 3.8) is 0 Å². The number of carbonyl (C=O) groups excluding carboxylic acids is 1. The molecule has 1 amide bonds. The number of hydrogen-bond donors (Lipinski definition) is 1. The molecule has 0 fully saturated rings. The number of nitrogens with one attached hydrogen (secondary N) is 1. The summed E-state index contributed by atoms with van der Waals surface area (Å²) in [4.78, 5) is 11.7. The molecule has 2 heterocycles. The van der Waals surface area contributed by atoms with Gasteiger partial charge in [0.25, 0.3) is 5.91 Å². The van der Waals surface area contributed by atoms with Crippen molar-refractivity contribution in [2.24, 2.45) is 0 Å². The number of hydrogen-bond acceptors (Lipinski definition) is 3. The Labute approximate surface area is 102 Å². The molecular weight excluding hydrogens is 246 g/mol. The number of halogens is 1. The van der Waals surface area contributed by atoms with Crippen LogP contribution in [-0.4, -0.2) is 5.91 Å². The van der Waals surface area contributed by atoms with Gasteiger partial charge in [-0.25, -0.2) is 0 Å². The van der Waals surface area contributed by atoms with Gasteiger partial charge in [0.1, 0.15) is 0 Å². The first-order valence-corrected chi connectivity index (χ1v) is 6.07. The van der Waals surface area contributed by atoms with Crippen molar-refractivity contribution >= 4 is 28.8 Å². The summed E-state index contributed by atoms with van der Waals surface area (Å²) in [6.07, 6.45) is 0. The molecule has 16 heavy (non-hydrogen) atoms. The molecule has 0 spiro atoms. The van der Waals surface area contributed by atoms with Crippen LogP contribution >= 0.6 is 22.9 Å². The summed E-state index contributed by atoms with van der Waals surface area (Å²) < 4.78 is 5.02. The Bertz CT molecular complexity index is 478. The maximum atomic E-state index is 11.7. The normalized spacial score (nSPS) is 12.4. The summed E-state index contributed by atoms with van der Waals surface area (Å²) in [5, 5.41) is 7.02. The van der Waals surface area contributed by atoms with Crippen LogP contribution in [0.25, 0.3) is 0 Å². The number of rotatable bonds is 3. The van der Waals surface area contributed by atoms with E-state index in [1.807, 2.05) is 23.8 Å². The molecule has 2 rings (SSSR count). The Balaban J connectivity index is 2.03. The van der Waals surface area contributed by atoms with Crippen LogP contribution in [0.5, 0.6) is 0 Å². The van der Waals surface area contributed by atoms with Crippen LogP contribution in [0.3, 0.4) is 0 Å². The monoisotopic (exact) mass is 255 g/mol. The lowest BCUT2D eigenvalue weighted by Crippen LogP contribution is -2.25. The molecule has 5 heteroatoms. The first-order valence-electron chi connectivity index (χ1n) is 4.75. The van der Waals surface area contributed by atoms with Gasteiger partial charge in [-0.1, -0.05) is 0 Å². The average molecular weight is 256 g/mol. The zero-order valence-corrected chi connectivity index (χ0v) is 10.1. The second-order valence-electron chi connectivity index (χ2n) is 3.36. The minimum atomic E-state index is -0.259. The van der Waals surface area contributed by atoms with Crippen LogP contribution in [0.1, 0.15) is 29.1 Å². The molecule has 1 N–H and O–H groups in total. The zero-order chi connectivity index (χ0) is 11.5. The van der Waals surface area contributed by atoms with E-state index in [1.165, 1.54) is 0 Å². The first-order chi connectivity index (χ1) is 7.66. The molecule has 0 saturated carbocycles. The largest absolute Gasteiger partial charge is 0.440 e. The highest BCUT2D eigenvalue weighted by molar-refractivity contribution is 7.07. The molecule has 84 valence electrons. The second kappa shape index (κ2) is 4.72. The third kappa shape index (κ3) is 2.46. The molecular formula is C11H10ClNO2S. The van der Waals surface area contributed by atoms with Crippen molar-refractivity contribution in [1.29, 1.82) is 0 Å². The van der Waals surface area contributed by atoms with E-state index in [9.17, 15) is 4.79 Å². The number of furan rings is 1. The van der Waals surface area contributed by atoms with E-state index < -0.39 is 0 Å². The van der Waals surface area contributed by atoms with Crippen LogP contribution in [0.4, 0.5) is 0 Å². The third-order valence-corrected chi connectivity index (χ3v) is 3.09. The highest BCUT2D eigenvalue weighted by Crippen LogP contribution is 2.17. The van der Waals surface area contributed by atoms with E-state index in [4.69, 9.17) is 16.0 Å². The molecule has 0 aliphatic carbocycles. The lowest BCUT2D eigenvalue weighted by molar-refractivity contribution is 0.0912. The second-order valence-corrected chi connectivity index (χ2v) is 4.51. The van der Waals surface area contributed by atoms with Gasteiger partial charge in [0.05, 0.1) is 6.04 Å². The van der Waals surface area contributed by atoms with Crippen molar-refractivity contribution in [2.45, 2.75) is 13.0 Å². The van der Waals surface area contributed by atoms with E-state index >= 15 is 0 Å². The predicted molar refractivity (Wildman–Crippen MR) is 63.9 cm³/mol. The van der Waals surface area contributed by atoms with Gasteiger partial charge in [-0.05, 0) is 53.0 Å². The molecule has 2 aromatic rings. The lowest BCUT2D eigenvalue weighted by atomic mass is 10.2. The van der Waals surface area contributed by atoms with Gasteiger partial charge in [0, 0.05) is 0 Å². The molecule has 0 aliphatic heterocycles. The van der Waals surface area contributed by atoms with E-state index in [1.54, 1.807) is 23.5 Å². The Morgan fingerprint density at radius 2 is 2.31 bits per heavy atom. The van der Waals surface area contributed by atoms with Crippen LogP contribution in [0.15, 0.2) is 33.4 Å². The molecule has 3 nitrogen and oxygen atoms in total. The molecule has 1 atom stereocenters. The fourth-order valence-corrected chi connectivity index (χ4v) is 2.21. The van der Waals surface area contributed by atoms with Gasteiger partial charge in [-0.2, -0.15) is 11.3 Å². The van der Waals surface area contributed by atoms with E-state index in [0.29, 0.717) is 0 Å². The van der Waals surface area contributed by atoms with Gasteiger partial charge in [0.15, 0.2) is 11.0 Å². The minimum absolute atomic E-state index is 0.0392. The molecule has 0 aliphatic rings. The average Bonchev–Trinajstić information content (AvgIpc) is 2.87. The molecule has 1 unspecified atom stereocenters. The Hall–Kier alpha value is -1.26. The van der Waals surface area contributed by atoms with E-state index in [0.717, 1.165) is 5.56 Å². The van der Waals surface area contributed by atoms with Crippen molar-refractivity contribution < 1.29 is 9.21 Å². The van der Waals surface area contributed by atoms with Crippen molar-refractivity contribution in [3.05, 3.63) is 45.5 Å². The number of thiophene rings is 1. The molecule has 0 aromatic carbocycles. The Morgan fingerprint density at radius 3 is 2.88 bits per heavy atom. The fraction of sp³-hybridized carbons (Fsp3) is 0.182. The SMILES string of the molecule is CC(NC(=O)c1ccc(Cl)o1)c1ccsc1. The molecule has 0 bridgehead atoms. The topological polar surface area (TPSA) is 42.2 Å². The van der Waals surface area contributed by atoms with Gasteiger partial charge in [-0.3, -0.25) is 4.79 Å². The Kier molecular flexibility index (Phi) is 3.31. The maximum Gasteiger partial charge on any atom is 0.287 e. The van der Waals surface area contributed by atoms with Crippen molar-refractivity contribution in [2.75, 3.05) is 0 Å². The van der Waals surface area contributed by atoms with Crippen LogP contribution in [0, 0.1) is 0 Å². The van der Waals surface area contributed by atoms with Crippen LogP contribution in [0.2, 0.25) is 5.22 Å². The Morgan fingerprint density at radius 1 is 1.50 bits per heavy atom. The summed E-state index contributed by atoms with van der Waals surface area (Å²) in [7, 11) is 0. The summed E-state index contributed by atoms with van der Waals surface area (Å²) >= 11 is 7.19. The van der Waals surface area contributed by atoms with Gasteiger partial charge in [0.2, 0.25) is 0 Å². The van der Waals surface area contributed by atoms with E-state index in [-0.39, 0.29) is 22.9 Å². The highest BCUT2D eigenvalue weighted by atomic mass is 35.5. The van der Waals surface area contributed by atoms with Crippen LogP contribution in [-0.2, 0) is 0 Å². The maximum absolute atomic E-state index is 11.7. The fourth-order valence-electron chi connectivity index (χ4n) is 1.31. The number of amides is 1. The first kappa shape index (κ1) is 11.2. The number of carbonyl (C=O) groups is 1. The standard InChI is InChI=1S/C11H10ClNO2S/c1-7(8-4-5-16-6-8)13-11(14)9-2-3-10(12)15-9/h2-7H,1H3,(H,13,14). The predicted octanol–water partition coefficient (Wildman–Crippen LogP) is 3.49. The summed E-state index contributed by atoms with van der Waals surface area (Å²) in [5.41, 5.74) is 1.08. The molecule has 2 aromatic heterocycles. The van der Waals surface area contributed by atoms with Gasteiger partial charge >= 0.3 is 0 Å². The molecule has 0 radical (unpaired) electrons. The highest BCUT2D eigenvalue weighted by Gasteiger charge is 2.14. The third-order valence-electron chi connectivity index (χ3n) is 2.19. The summed E-state index contributed by atoms with van der Waals surface area (Å²) in [5.74, 6) is -0.0299. The van der Waals surface area contributed by atoms with Gasteiger partial charge < -0.3 is 9.73 Å². The minimum Gasteiger partial charge on any atom is -0.440 e. The van der Waals surface area contributed by atoms with Crippen molar-refractivity contribution in [3.8, 4) is 0 Å². The summed E-state index contributed by atoms with van der Waals surface area (Å²) in [6, 6.07) is 5.04. The smallest absolute Gasteiger partial charge is 0.287 e. The quantitative estimate of drug-likeness (QED) is 0.912. The molecule has 0 saturated heterocycles. The lowest BCUT2D eigenvalue weighted by Gasteiger charge is -2.10.